The van der Waals surface area contributed by atoms with E-state index in [9.17, 15) is 0 Å². The van der Waals surface area contributed by atoms with Crippen LogP contribution in [-0.2, 0) is 13.5 Å². The lowest BCUT2D eigenvalue weighted by molar-refractivity contribution is -0.677. The van der Waals surface area contributed by atoms with Crippen LogP contribution in [0.1, 0.15) is 23.1 Å². The second-order valence-corrected chi connectivity index (χ2v) is 6.76. The average Bonchev–Trinajstić information content (AvgIpc) is 2.78. The summed E-state index contributed by atoms with van der Waals surface area (Å²) in [5, 5.41) is 1.45. The summed E-state index contributed by atoms with van der Waals surface area (Å²) < 4.78 is 6.70. The molecule has 17 heavy (non-hydrogen) atoms. The first-order valence-electron chi connectivity index (χ1n) is 5.93. The maximum absolute atomic E-state index is 2.27. The highest BCUT2D eigenvalue weighted by Crippen LogP contribution is 2.42. The predicted octanol–water partition coefficient (Wildman–Crippen LogP) is 4.12. The SMILES string of the molecule is CCc1c2sc3c(C)c(C)sc3c2cc[n+]1C. The maximum Gasteiger partial charge on any atom is 0.198 e. The van der Waals surface area contributed by atoms with Gasteiger partial charge in [-0.05, 0) is 19.4 Å². The molecule has 0 bridgehead atoms. The Labute approximate surface area is 109 Å². The van der Waals surface area contributed by atoms with E-state index in [1.807, 2.05) is 22.7 Å². The molecule has 0 aromatic carbocycles. The van der Waals surface area contributed by atoms with E-state index in [2.05, 4.69) is 44.6 Å². The van der Waals surface area contributed by atoms with Gasteiger partial charge in [0, 0.05) is 27.5 Å². The Morgan fingerprint density at radius 1 is 1.12 bits per heavy atom. The fourth-order valence-electron chi connectivity index (χ4n) is 2.38. The van der Waals surface area contributed by atoms with Crippen molar-refractivity contribution in [2.75, 3.05) is 0 Å². The van der Waals surface area contributed by atoms with Crippen LogP contribution in [0, 0.1) is 13.8 Å². The summed E-state index contributed by atoms with van der Waals surface area (Å²) in [6.45, 7) is 6.71. The van der Waals surface area contributed by atoms with Gasteiger partial charge in [0.15, 0.2) is 11.9 Å². The van der Waals surface area contributed by atoms with Gasteiger partial charge >= 0.3 is 0 Å². The minimum Gasteiger partial charge on any atom is -0.204 e. The van der Waals surface area contributed by atoms with E-state index in [0.29, 0.717) is 0 Å². The number of rotatable bonds is 1. The Morgan fingerprint density at radius 3 is 2.59 bits per heavy atom. The highest BCUT2D eigenvalue weighted by Gasteiger charge is 2.18. The molecular weight excluding hydrogens is 246 g/mol. The van der Waals surface area contributed by atoms with Crippen molar-refractivity contribution in [1.29, 1.82) is 0 Å². The van der Waals surface area contributed by atoms with Crippen LogP contribution in [-0.4, -0.2) is 0 Å². The molecule has 3 aromatic rings. The minimum absolute atomic E-state index is 1.10. The number of pyridine rings is 1. The molecule has 0 spiro atoms. The first-order chi connectivity index (χ1) is 8.13. The molecule has 0 fully saturated rings. The first kappa shape index (κ1) is 11.2. The molecule has 0 amide bonds. The summed E-state index contributed by atoms with van der Waals surface area (Å²) in [6, 6.07) is 2.27. The Balaban J connectivity index is 2.52. The number of aromatic nitrogens is 1. The average molecular weight is 262 g/mol. The number of thiophene rings is 2. The number of hydrogen-bond donors (Lipinski definition) is 0. The number of aryl methyl sites for hydroxylation is 4. The Bertz CT molecular complexity index is 719. The van der Waals surface area contributed by atoms with Gasteiger partial charge in [-0.25, -0.2) is 4.57 Å². The van der Waals surface area contributed by atoms with E-state index in [0.717, 1.165) is 6.42 Å². The van der Waals surface area contributed by atoms with Crippen molar-refractivity contribution in [2.24, 2.45) is 7.05 Å². The molecule has 88 valence electrons. The Morgan fingerprint density at radius 2 is 1.88 bits per heavy atom. The van der Waals surface area contributed by atoms with Gasteiger partial charge in [-0.3, -0.25) is 0 Å². The summed E-state index contributed by atoms with van der Waals surface area (Å²) in [5.41, 5.74) is 2.92. The van der Waals surface area contributed by atoms with Gasteiger partial charge in [-0.1, -0.05) is 6.92 Å². The second kappa shape index (κ2) is 3.79. The molecule has 0 aliphatic heterocycles. The van der Waals surface area contributed by atoms with Crippen molar-refractivity contribution < 1.29 is 4.57 Å². The topological polar surface area (TPSA) is 3.88 Å². The molecule has 1 nitrogen and oxygen atoms in total. The molecule has 3 heterocycles. The van der Waals surface area contributed by atoms with Gasteiger partial charge in [-0.2, -0.15) is 0 Å². The maximum atomic E-state index is 2.27. The zero-order valence-corrected chi connectivity index (χ0v) is 12.3. The summed E-state index contributed by atoms with van der Waals surface area (Å²) >= 11 is 3.91. The lowest BCUT2D eigenvalue weighted by Crippen LogP contribution is -2.32. The second-order valence-electron chi connectivity index (χ2n) is 4.51. The lowest BCUT2D eigenvalue weighted by Gasteiger charge is -1.97. The third kappa shape index (κ3) is 1.45. The van der Waals surface area contributed by atoms with E-state index >= 15 is 0 Å². The van der Waals surface area contributed by atoms with Crippen LogP contribution in [0.25, 0.3) is 19.5 Å². The quantitative estimate of drug-likeness (QED) is 0.581. The van der Waals surface area contributed by atoms with Crippen LogP contribution < -0.4 is 4.57 Å². The molecule has 0 aliphatic carbocycles. The third-order valence-corrected chi connectivity index (χ3v) is 6.25. The molecule has 0 N–H and O–H groups in total. The fraction of sp³-hybridized carbons (Fsp3) is 0.357. The van der Waals surface area contributed by atoms with Crippen LogP contribution in [0.4, 0.5) is 0 Å². The van der Waals surface area contributed by atoms with Gasteiger partial charge in [0.25, 0.3) is 0 Å². The molecule has 3 rings (SSSR count). The van der Waals surface area contributed by atoms with Crippen LogP contribution in [0.15, 0.2) is 12.3 Å². The van der Waals surface area contributed by atoms with Crippen molar-refractivity contribution in [3.05, 3.63) is 28.4 Å². The Hall–Kier alpha value is -0.930. The Kier molecular flexibility index (Phi) is 2.49. The van der Waals surface area contributed by atoms with Crippen molar-refractivity contribution in [2.45, 2.75) is 27.2 Å². The van der Waals surface area contributed by atoms with E-state index in [1.54, 1.807) is 0 Å². The molecule has 0 saturated heterocycles. The lowest BCUT2D eigenvalue weighted by atomic mass is 10.2. The zero-order chi connectivity index (χ0) is 12.2. The van der Waals surface area contributed by atoms with Crippen molar-refractivity contribution in [3.63, 3.8) is 0 Å². The smallest absolute Gasteiger partial charge is 0.198 e. The standard InChI is InChI=1S/C14H16NS2/c1-5-11-13-10(6-7-15(11)4)14-12(17-13)8(2)9(3)16-14/h6-7H,5H2,1-4H3/q+1. The van der Waals surface area contributed by atoms with Crippen molar-refractivity contribution >= 4 is 42.2 Å². The third-order valence-electron chi connectivity index (χ3n) is 3.51. The van der Waals surface area contributed by atoms with Gasteiger partial charge < -0.3 is 0 Å². The molecule has 0 aliphatic rings. The summed E-state index contributed by atoms with van der Waals surface area (Å²) in [5.74, 6) is 0. The van der Waals surface area contributed by atoms with Crippen LogP contribution in [0.5, 0.6) is 0 Å². The van der Waals surface area contributed by atoms with Crippen molar-refractivity contribution in [3.8, 4) is 0 Å². The molecule has 3 heteroatoms. The van der Waals surface area contributed by atoms with E-state index in [1.165, 1.54) is 35.6 Å². The molecule has 3 aromatic heterocycles. The zero-order valence-electron chi connectivity index (χ0n) is 10.6. The van der Waals surface area contributed by atoms with Crippen LogP contribution in [0.2, 0.25) is 0 Å². The van der Waals surface area contributed by atoms with Gasteiger partial charge in [0.1, 0.15) is 11.7 Å². The van der Waals surface area contributed by atoms with E-state index < -0.39 is 0 Å². The molecule has 0 radical (unpaired) electrons. The number of hydrogen-bond acceptors (Lipinski definition) is 2. The minimum atomic E-state index is 1.10. The first-order valence-corrected chi connectivity index (χ1v) is 7.56. The number of fused-ring (bicyclic) bond motifs is 3. The number of nitrogens with zero attached hydrogens (tertiary/aromatic N) is 1. The van der Waals surface area contributed by atoms with Gasteiger partial charge in [0.2, 0.25) is 0 Å². The van der Waals surface area contributed by atoms with E-state index in [4.69, 9.17) is 0 Å². The molecule has 0 atom stereocenters. The van der Waals surface area contributed by atoms with Crippen molar-refractivity contribution in [1.82, 2.24) is 0 Å². The molecule has 0 unspecified atom stereocenters. The van der Waals surface area contributed by atoms with Gasteiger partial charge in [-0.15, -0.1) is 22.7 Å². The summed E-state index contributed by atoms with van der Waals surface area (Å²) in [6.07, 6.45) is 3.29. The molecular formula is C14H16NS2+. The van der Waals surface area contributed by atoms with E-state index in [-0.39, 0.29) is 0 Å². The largest absolute Gasteiger partial charge is 0.204 e. The van der Waals surface area contributed by atoms with Gasteiger partial charge in [0.05, 0.1) is 4.70 Å². The highest BCUT2D eigenvalue weighted by atomic mass is 32.1. The normalized spacial score (nSPS) is 11.8. The predicted molar refractivity (Wildman–Crippen MR) is 77.2 cm³/mol. The van der Waals surface area contributed by atoms with Crippen LogP contribution in [0.3, 0.4) is 0 Å². The molecule has 0 saturated carbocycles. The monoisotopic (exact) mass is 262 g/mol. The van der Waals surface area contributed by atoms with Crippen LogP contribution >= 0.6 is 22.7 Å². The fourth-order valence-corrected chi connectivity index (χ4v) is 5.24. The summed E-state index contributed by atoms with van der Waals surface area (Å²) in [7, 11) is 2.14. The highest BCUT2D eigenvalue weighted by molar-refractivity contribution is 7.33. The summed E-state index contributed by atoms with van der Waals surface area (Å²) in [4.78, 5) is 1.46.